The van der Waals surface area contributed by atoms with Gasteiger partial charge in [-0.25, -0.2) is 14.0 Å². The Bertz CT molecular complexity index is 2290. The van der Waals surface area contributed by atoms with Crippen molar-refractivity contribution >= 4 is 34.1 Å². The Morgan fingerprint density at radius 2 is 1.70 bits per heavy atom. The predicted molar refractivity (Wildman–Crippen MR) is 207 cm³/mol. The maximum Gasteiger partial charge on any atom is 0.343 e. The molecule has 54 heavy (non-hydrogen) atoms. The van der Waals surface area contributed by atoms with Gasteiger partial charge in [-0.15, -0.1) is 0 Å². The monoisotopic (exact) mass is 736 g/mol. The molecule has 2 aliphatic rings. The summed E-state index contributed by atoms with van der Waals surface area (Å²) < 4.78 is 30.0. The van der Waals surface area contributed by atoms with Gasteiger partial charge in [0.15, 0.2) is 0 Å². The first-order chi connectivity index (χ1) is 26.2. The van der Waals surface area contributed by atoms with Gasteiger partial charge in [0.05, 0.1) is 31.0 Å². The van der Waals surface area contributed by atoms with Crippen LogP contribution in [0.3, 0.4) is 0 Å². The number of fused-ring (bicyclic) bond motifs is 1. The van der Waals surface area contributed by atoms with E-state index in [-0.39, 0.29) is 36.8 Å². The number of hydrogen-bond donors (Lipinski definition) is 2. The molecule has 0 radical (unpaired) electrons. The molecule has 1 saturated carbocycles. The third kappa shape index (κ3) is 8.32. The highest BCUT2D eigenvalue weighted by Crippen LogP contribution is 2.38. The number of halogens is 1. The quantitative estimate of drug-likeness (QED) is 0.118. The molecule has 0 atom stereocenters. The third-order valence-electron chi connectivity index (χ3n) is 10.2. The molecule has 282 valence electrons. The van der Waals surface area contributed by atoms with Crippen molar-refractivity contribution in [3.05, 3.63) is 132 Å². The number of carbonyl (C=O) groups excluding carboxylic acids is 1. The Labute approximate surface area is 311 Å². The van der Waals surface area contributed by atoms with Crippen molar-refractivity contribution in [2.24, 2.45) is 0 Å². The van der Waals surface area contributed by atoms with Gasteiger partial charge in [-0.1, -0.05) is 43.3 Å². The van der Waals surface area contributed by atoms with E-state index in [1.165, 1.54) is 23.3 Å². The molecule has 3 aromatic carbocycles. The molecule has 0 unspecified atom stereocenters. The summed E-state index contributed by atoms with van der Waals surface area (Å²) in [4.78, 5) is 58.9. The van der Waals surface area contributed by atoms with E-state index >= 15 is 4.39 Å². The van der Waals surface area contributed by atoms with Crippen molar-refractivity contribution < 1.29 is 18.7 Å². The second-order valence-corrected chi connectivity index (χ2v) is 13.9. The molecule has 5 aromatic rings. The molecule has 0 spiro atoms. The fourth-order valence-electron chi connectivity index (χ4n) is 6.95. The van der Waals surface area contributed by atoms with Crippen LogP contribution in [0.4, 0.5) is 21.6 Å². The minimum absolute atomic E-state index is 0.0382. The van der Waals surface area contributed by atoms with Crippen molar-refractivity contribution in [1.29, 1.82) is 0 Å². The molecule has 2 aromatic heterocycles. The number of carbonyl (C=O) groups is 1. The predicted octanol–water partition coefficient (Wildman–Crippen LogP) is 5.14. The number of nitrogens with zero attached hydrogens (tertiary/aromatic N) is 4. The van der Waals surface area contributed by atoms with Gasteiger partial charge in [0.1, 0.15) is 23.8 Å². The molecule has 0 bridgehead atoms. The van der Waals surface area contributed by atoms with Crippen molar-refractivity contribution in [2.75, 3.05) is 56.2 Å². The molecule has 12 nitrogen and oxygen atoms in total. The van der Waals surface area contributed by atoms with Gasteiger partial charge in [-0.05, 0) is 67.1 Å². The number of nitrogens with one attached hydrogen (secondary N) is 2. The minimum Gasteiger partial charge on any atom is -0.457 e. The topological polar surface area (TPSA) is 131 Å². The molecule has 0 amide bonds. The number of aryl methyl sites for hydroxylation is 2. The normalized spacial score (nSPS) is 14.8. The van der Waals surface area contributed by atoms with Gasteiger partial charge in [-0.2, -0.15) is 0 Å². The Balaban J connectivity index is 0.917. The molecule has 1 saturated heterocycles. The molecule has 7 rings (SSSR count). The van der Waals surface area contributed by atoms with E-state index in [9.17, 15) is 19.2 Å². The van der Waals surface area contributed by atoms with Crippen LogP contribution in [0.15, 0.2) is 87.3 Å². The summed E-state index contributed by atoms with van der Waals surface area (Å²) in [6.45, 7) is 8.05. The standard InChI is InChI=1S/C41H45FN6O6/c1-3-29-21-30(10-9-27(29)2)43-37-24-38(49)47(41(52)44-37)18-20-53-19-17-45-13-15-46(16-14-45)36-23-35-32(22-34(36)42)39(50)33(25-48(35)31-11-12-31)40(51)54-26-28-7-5-4-6-8-28/h4-10,21-25,31,43H,3,11-20,26H2,1-2H3,(H,44,52). The smallest absolute Gasteiger partial charge is 0.343 e. The van der Waals surface area contributed by atoms with E-state index in [2.05, 4.69) is 22.1 Å². The maximum atomic E-state index is 15.7. The van der Waals surface area contributed by atoms with Crippen LogP contribution < -0.4 is 26.9 Å². The van der Waals surface area contributed by atoms with Crippen LogP contribution in [-0.2, 0) is 29.0 Å². The number of hydrogen-bond acceptors (Lipinski definition) is 9. The van der Waals surface area contributed by atoms with Crippen LogP contribution in [0.2, 0.25) is 0 Å². The van der Waals surface area contributed by atoms with Crippen molar-refractivity contribution in [3.8, 4) is 0 Å². The fraction of sp³-hybridized carbons (Fsp3) is 0.366. The first-order valence-corrected chi connectivity index (χ1v) is 18.5. The first-order valence-electron chi connectivity index (χ1n) is 18.5. The number of H-pyrrole nitrogens is 1. The largest absolute Gasteiger partial charge is 0.457 e. The number of aromatic nitrogens is 3. The van der Waals surface area contributed by atoms with Crippen molar-refractivity contribution in [1.82, 2.24) is 19.0 Å². The van der Waals surface area contributed by atoms with E-state index in [4.69, 9.17) is 9.47 Å². The average molecular weight is 737 g/mol. The lowest BCUT2D eigenvalue weighted by Crippen LogP contribution is -2.47. The summed E-state index contributed by atoms with van der Waals surface area (Å²) in [7, 11) is 0. The Morgan fingerprint density at radius 1 is 0.944 bits per heavy atom. The van der Waals surface area contributed by atoms with Gasteiger partial charge in [-0.3, -0.25) is 24.0 Å². The maximum absolute atomic E-state index is 15.7. The summed E-state index contributed by atoms with van der Waals surface area (Å²) in [6.07, 6.45) is 4.28. The second-order valence-electron chi connectivity index (χ2n) is 13.9. The van der Waals surface area contributed by atoms with Gasteiger partial charge >= 0.3 is 11.7 Å². The van der Waals surface area contributed by atoms with E-state index in [1.54, 1.807) is 12.3 Å². The summed E-state index contributed by atoms with van der Waals surface area (Å²) in [5, 5.41) is 3.28. The summed E-state index contributed by atoms with van der Waals surface area (Å²) >= 11 is 0. The number of pyridine rings is 1. The highest BCUT2D eigenvalue weighted by atomic mass is 19.1. The summed E-state index contributed by atoms with van der Waals surface area (Å²) in [5.74, 6) is -0.902. The van der Waals surface area contributed by atoms with Crippen LogP contribution in [-0.4, -0.2) is 70.9 Å². The number of anilines is 3. The lowest BCUT2D eigenvalue weighted by Gasteiger charge is -2.36. The van der Waals surface area contributed by atoms with Crippen LogP contribution in [0.5, 0.6) is 0 Å². The fourth-order valence-corrected chi connectivity index (χ4v) is 6.95. The minimum atomic E-state index is -0.724. The molecule has 3 heterocycles. The Hall–Kier alpha value is -5.53. The van der Waals surface area contributed by atoms with E-state index in [0.29, 0.717) is 56.4 Å². The van der Waals surface area contributed by atoms with E-state index in [1.807, 2.05) is 64.9 Å². The zero-order valence-corrected chi connectivity index (χ0v) is 30.6. The van der Waals surface area contributed by atoms with Crippen LogP contribution in [0.25, 0.3) is 10.9 Å². The number of rotatable bonds is 14. The van der Waals surface area contributed by atoms with Gasteiger partial charge in [0.2, 0.25) is 5.43 Å². The SMILES string of the molecule is CCc1cc(Nc2cc(=O)n(CCOCCN3CCN(c4cc5c(cc4F)c(=O)c(C(=O)OCc4ccccc4)cn5C4CC4)CC3)c(=O)[nH]2)ccc1C. The lowest BCUT2D eigenvalue weighted by atomic mass is 10.1. The zero-order valence-electron chi connectivity index (χ0n) is 30.6. The van der Waals surface area contributed by atoms with Crippen molar-refractivity contribution in [3.63, 3.8) is 0 Å². The molecule has 1 aliphatic carbocycles. The molecule has 2 N–H and O–H groups in total. The van der Waals surface area contributed by atoms with E-state index in [0.717, 1.165) is 35.1 Å². The number of aromatic amines is 1. The molecule has 13 heteroatoms. The summed E-state index contributed by atoms with van der Waals surface area (Å²) in [6, 6.07) is 19.7. The summed E-state index contributed by atoms with van der Waals surface area (Å²) in [5.41, 5.74) is 3.45. The first kappa shape index (κ1) is 36.8. The number of esters is 1. The van der Waals surface area contributed by atoms with Gasteiger partial charge in [0.25, 0.3) is 5.56 Å². The lowest BCUT2D eigenvalue weighted by molar-refractivity contribution is 0.0470. The van der Waals surface area contributed by atoms with Gasteiger partial charge in [0, 0.05) is 62.1 Å². The number of ether oxygens (including phenoxy) is 2. The second kappa shape index (κ2) is 16.2. The van der Waals surface area contributed by atoms with Crippen LogP contribution in [0, 0.1) is 12.7 Å². The molecule has 1 aliphatic heterocycles. The Kier molecular flexibility index (Phi) is 11.1. The highest BCUT2D eigenvalue weighted by Gasteiger charge is 2.29. The number of piperazine rings is 1. The molecular weight excluding hydrogens is 691 g/mol. The Morgan fingerprint density at radius 3 is 2.43 bits per heavy atom. The van der Waals surface area contributed by atoms with Crippen LogP contribution >= 0.6 is 0 Å². The van der Waals surface area contributed by atoms with Crippen molar-refractivity contribution in [2.45, 2.75) is 52.3 Å². The molecule has 2 fully saturated rings. The molecular formula is C41H45FN6O6. The average Bonchev–Trinajstić information content (AvgIpc) is 4.02. The third-order valence-corrected chi connectivity index (χ3v) is 10.2. The highest BCUT2D eigenvalue weighted by molar-refractivity contribution is 5.94. The zero-order chi connectivity index (χ0) is 37.8. The van der Waals surface area contributed by atoms with Crippen LogP contribution in [0.1, 0.15) is 52.9 Å². The number of benzene rings is 3. The van der Waals surface area contributed by atoms with Gasteiger partial charge < -0.3 is 24.3 Å². The van der Waals surface area contributed by atoms with E-state index < -0.39 is 28.5 Å².